The van der Waals surface area contributed by atoms with Crippen molar-refractivity contribution in [3.63, 3.8) is 0 Å². The molecular weight excluding hydrogens is 288 g/mol. The number of hydrogen-bond acceptors (Lipinski definition) is 2. The van der Waals surface area contributed by atoms with Crippen molar-refractivity contribution in [1.29, 1.82) is 0 Å². The lowest BCUT2D eigenvalue weighted by atomic mass is 10.0. The highest BCUT2D eigenvalue weighted by atomic mass is 19.1. The van der Waals surface area contributed by atoms with Gasteiger partial charge in [0.2, 0.25) is 0 Å². The van der Waals surface area contributed by atoms with Crippen LogP contribution in [0, 0.1) is 11.6 Å². The third-order valence-electron chi connectivity index (χ3n) is 3.34. The number of carbonyl (C=O) groups is 1. The number of nitrogens with one attached hydrogen (secondary N) is 1. The minimum absolute atomic E-state index is 0.0342. The Bertz CT molecular complexity index is 784. The fourth-order valence-corrected chi connectivity index (χ4v) is 2.35. The van der Waals surface area contributed by atoms with Crippen LogP contribution in [-0.4, -0.2) is 12.5 Å². The maximum atomic E-state index is 13.7. The molecule has 0 atom stereocenters. The van der Waals surface area contributed by atoms with Gasteiger partial charge in [-0.15, -0.1) is 0 Å². The number of amides is 1. The average molecular weight is 301 g/mol. The molecule has 1 heterocycles. The molecule has 2 aromatic carbocycles. The first-order valence-electron chi connectivity index (χ1n) is 6.84. The first-order valence-corrected chi connectivity index (χ1v) is 6.84. The van der Waals surface area contributed by atoms with Crippen LogP contribution in [0.15, 0.2) is 36.4 Å². The molecule has 2 aromatic rings. The fraction of sp³-hybridized carbons (Fsp3) is 0.118. The van der Waals surface area contributed by atoms with Crippen LogP contribution in [0.25, 0.3) is 11.6 Å². The van der Waals surface area contributed by atoms with Crippen LogP contribution < -0.4 is 10.1 Å². The lowest BCUT2D eigenvalue weighted by Crippen LogP contribution is -2.03. The molecule has 0 unspecified atom stereocenters. The Balaban J connectivity index is 2.05. The van der Waals surface area contributed by atoms with E-state index in [2.05, 4.69) is 5.32 Å². The second kappa shape index (κ2) is 5.60. The summed E-state index contributed by atoms with van der Waals surface area (Å²) >= 11 is 0. The van der Waals surface area contributed by atoms with E-state index in [1.165, 1.54) is 6.08 Å². The molecule has 1 aliphatic rings. The molecule has 5 heteroatoms. The molecule has 0 saturated heterocycles. The lowest BCUT2D eigenvalue weighted by Gasteiger charge is -2.05. The first-order chi connectivity index (χ1) is 10.6. The first kappa shape index (κ1) is 14.3. The SMILES string of the molecule is CCOc1ccc2c(c1)NC(=O)C2=Cc1cc(F)ccc1F. The van der Waals surface area contributed by atoms with Gasteiger partial charge in [0.05, 0.1) is 12.3 Å². The van der Waals surface area contributed by atoms with E-state index in [4.69, 9.17) is 4.74 Å². The van der Waals surface area contributed by atoms with Crippen molar-refractivity contribution in [2.75, 3.05) is 11.9 Å². The molecule has 0 saturated carbocycles. The van der Waals surface area contributed by atoms with Crippen molar-refractivity contribution in [3.05, 3.63) is 59.2 Å². The number of benzene rings is 2. The van der Waals surface area contributed by atoms with E-state index in [1.54, 1.807) is 18.2 Å². The van der Waals surface area contributed by atoms with Gasteiger partial charge in [-0.05, 0) is 43.3 Å². The van der Waals surface area contributed by atoms with Gasteiger partial charge in [0.25, 0.3) is 5.91 Å². The van der Waals surface area contributed by atoms with Crippen LogP contribution in [0.1, 0.15) is 18.1 Å². The third kappa shape index (κ3) is 2.57. The molecule has 3 nitrogen and oxygen atoms in total. The van der Waals surface area contributed by atoms with Gasteiger partial charge in [0.1, 0.15) is 17.4 Å². The summed E-state index contributed by atoms with van der Waals surface area (Å²) in [6, 6.07) is 8.30. The lowest BCUT2D eigenvalue weighted by molar-refractivity contribution is -0.110. The summed E-state index contributed by atoms with van der Waals surface area (Å²) in [4.78, 5) is 12.1. The molecule has 0 spiro atoms. The van der Waals surface area contributed by atoms with Crippen LogP contribution in [0.3, 0.4) is 0 Å². The van der Waals surface area contributed by atoms with Crippen LogP contribution in [-0.2, 0) is 4.79 Å². The third-order valence-corrected chi connectivity index (χ3v) is 3.34. The summed E-state index contributed by atoms with van der Waals surface area (Å²) in [5.41, 5.74) is 1.56. The van der Waals surface area contributed by atoms with Crippen molar-refractivity contribution in [3.8, 4) is 5.75 Å². The van der Waals surface area contributed by atoms with Crippen molar-refractivity contribution < 1.29 is 18.3 Å². The Morgan fingerprint density at radius 1 is 1.18 bits per heavy atom. The molecule has 22 heavy (non-hydrogen) atoms. The maximum absolute atomic E-state index is 13.7. The van der Waals surface area contributed by atoms with Gasteiger partial charge in [-0.1, -0.05) is 0 Å². The Morgan fingerprint density at radius 2 is 2.00 bits per heavy atom. The predicted molar refractivity (Wildman–Crippen MR) is 80.5 cm³/mol. The van der Waals surface area contributed by atoms with E-state index in [0.717, 1.165) is 18.2 Å². The zero-order chi connectivity index (χ0) is 15.7. The van der Waals surface area contributed by atoms with Gasteiger partial charge in [0, 0.05) is 22.8 Å². The van der Waals surface area contributed by atoms with Gasteiger partial charge in [-0.3, -0.25) is 4.79 Å². The van der Waals surface area contributed by atoms with Crippen LogP contribution >= 0.6 is 0 Å². The molecule has 0 bridgehead atoms. The highest BCUT2D eigenvalue weighted by molar-refractivity contribution is 6.35. The molecule has 112 valence electrons. The maximum Gasteiger partial charge on any atom is 0.256 e. The number of hydrogen-bond donors (Lipinski definition) is 1. The summed E-state index contributed by atoms with van der Waals surface area (Å²) in [5, 5.41) is 2.70. The Hall–Kier alpha value is -2.69. The normalized spacial score (nSPS) is 14.9. The molecule has 0 aliphatic carbocycles. The van der Waals surface area contributed by atoms with Gasteiger partial charge < -0.3 is 10.1 Å². The van der Waals surface area contributed by atoms with Crippen molar-refractivity contribution in [2.45, 2.75) is 6.92 Å². The molecule has 0 radical (unpaired) electrons. The van der Waals surface area contributed by atoms with E-state index in [0.29, 0.717) is 29.2 Å². The zero-order valence-corrected chi connectivity index (χ0v) is 11.8. The molecule has 1 N–H and O–H groups in total. The van der Waals surface area contributed by atoms with Crippen molar-refractivity contribution in [2.24, 2.45) is 0 Å². The summed E-state index contributed by atoms with van der Waals surface area (Å²) < 4.78 is 32.3. The smallest absolute Gasteiger partial charge is 0.256 e. The standard InChI is InChI=1S/C17H13F2NO2/c1-2-22-12-4-5-13-14(17(21)20-16(13)9-12)8-10-7-11(18)3-6-15(10)19/h3-9H,2H2,1H3,(H,20,21). The second-order valence-electron chi connectivity index (χ2n) is 4.82. The average Bonchev–Trinajstić information content (AvgIpc) is 2.79. The minimum atomic E-state index is -0.582. The Morgan fingerprint density at radius 3 is 2.77 bits per heavy atom. The van der Waals surface area contributed by atoms with Gasteiger partial charge in [-0.2, -0.15) is 0 Å². The molecular formula is C17H13F2NO2. The van der Waals surface area contributed by atoms with Crippen molar-refractivity contribution in [1.82, 2.24) is 0 Å². The topological polar surface area (TPSA) is 38.3 Å². The Kier molecular flexibility index (Phi) is 3.63. The molecule has 3 rings (SSSR count). The van der Waals surface area contributed by atoms with E-state index >= 15 is 0 Å². The summed E-state index contributed by atoms with van der Waals surface area (Å²) in [5.74, 6) is -0.855. The molecule has 1 amide bonds. The van der Waals surface area contributed by atoms with E-state index < -0.39 is 11.6 Å². The number of fused-ring (bicyclic) bond motifs is 1. The largest absolute Gasteiger partial charge is 0.494 e. The number of anilines is 1. The van der Waals surface area contributed by atoms with E-state index in [9.17, 15) is 13.6 Å². The van der Waals surface area contributed by atoms with Crippen molar-refractivity contribution >= 4 is 23.2 Å². The predicted octanol–water partition coefficient (Wildman–Crippen LogP) is 3.86. The highest BCUT2D eigenvalue weighted by Gasteiger charge is 2.24. The van der Waals surface area contributed by atoms with E-state index in [-0.39, 0.29) is 11.5 Å². The number of carbonyl (C=O) groups excluding carboxylic acids is 1. The van der Waals surface area contributed by atoms with Crippen LogP contribution in [0.4, 0.5) is 14.5 Å². The number of ether oxygens (including phenoxy) is 1. The highest BCUT2D eigenvalue weighted by Crippen LogP contribution is 2.36. The molecule has 1 aliphatic heterocycles. The fourth-order valence-electron chi connectivity index (χ4n) is 2.35. The van der Waals surface area contributed by atoms with Gasteiger partial charge in [0.15, 0.2) is 0 Å². The monoisotopic (exact) mass is 301 g/mol. The Labute approximate surface area is 126 Å². The van der Waals surface area contributed by atoms with Crippen LogP contribution in [0.2, 0.25) is 0 Å². The minimum Gasteiger partial charge on any atom is -0.494 e. The van der Waals surface area contributed by atoms with Gasteiger partial charge in [-0.25, -0.2) is 8.78 Å². The van der Waals surface area contributed by atoms with Gasteiger partial charge >= 0.3 is 0 Å². The summed E-state index contributed by atoms with van der Waals surface area (Å²) in [6.07, 6.45) is 1.35. The zero-order valence-electron chi connectivity index (χ0n) is 11.8. The second-order valence-corrected chi connectivity index (χ2v) is 4.82. The number of rotatable bonds is 3. The molecule has 0 fully saturated rings. The summed E-state index contributed by atoms with van der Waals surface area (Å²) in [7, 11) is 0. The quantitative estimate of drug-likeness (QED) is 0.874. The number of halogens is 2. The van der Waals surface area contributed by atoms with Crippen LogP contribution in [0.5, 0.6) is 5.75 Å². The van der Waals surface area contributed by atoms with E-state index in [1.807, 2.05) is 6.92 Å². The molecule has 0 aromatic heterocycles. The summed E-state index contributed by atoms with van der Waals surface area (Å²) in [6.45, 7) is 2.38.